The monoisotopic (exact) mass is 296 g/mol. The Labute approximate surface area is 134 Å². The van der Waals surface area contributed by atoms with Crippen molar-refractivity contribution in [2.24, 2.45) is 29.1 Å². The van der Waals surface area contributed by atoms with E-state index in [1.54, 1.807) is 5.57 Å². The maximum atomic E-state index is 11.0. The van der Waals surface area contributed by atoms with Gasteiger partial charge in [-0.1, -0.05) is 36.6 Å². The SMILES string of the molecule is C#C[C@@]1(O)CC[C@@H]2[C@@H]3CCC4=CCCC[C@@H]4[C@H]3C(=C)C[C@]21C. The molecule has 0 saturated heterocycles. The Kier molecular flexibility index (Phi) is 3.15. The molecule has 6 atom stereocenters. The van der Waals surface area contributed by atoms with E-state index in [4.69, 9.17) is 6.42 Å². The third-order valence-electron chi connectivity index (χ3n) is 7.66. The van der Waals surface area contributed by atoms with Crippen LogP contribution in [0.2, 0.25) is 0 Å². The molecule has 3 saturated carbocycles. The third-order valence-corrected chi connectivity index (χ3v) is 7.66. The van der Waals surface area contributed by atoms with Crippen molar-refractivity contribution in [2.75, 3.05) is 0 Å². The van der Waals surface area contributed by atoms with Gasteiger partial charge in [-0.15, -0.1) is 6.42 Å². The van der Waals surface area contributed by atoms with Crippen LogP contribution in [0.15, 0.2) is 23.8 Å². The first kappa shape index (κ1) is 14.6. The fourth-order valence-corrected chi connectivity index (χ4v) is 6.58. The van der Waals surface area contributed by atoms with Crippen molar-refractivity contribution in [1.82, 2.24) is 0 Å². The average Bonchev–Trinajstić information content (AvgIpc) is 2.79. The second-order valence-corrected chi connectivity index (χ2v) is 8.45. The number of fused-ring (bicyclic) bond motifs is 5. The highest BCUT2D eigenvalue weighted by Crippen LogP contribution is 2.65. The smallest absolute Gasteiger partial charge is 0.131 e. The molecule has 0 aromatic rings. The van der Waals surface area contributed by atoms with E-state index < -0.39 is 5.60 Å². The van der Waals surface area contributed by atoms with Gasteiger partial charge in [0.05, 0.1) is 0 Å². The molecule has 4 aliphatic rings. The summed E-state index contributed by atoms with van der Waals surface area (Å²) >= 11 is 0. The molecule has 1 N–H and O–H groups in total. The van der Waals surface area contributed by atoms with E-state index in [2.05, 4.69) is 25.5 Å². The lowest BCUT2D eigenvalue weighted by atomic mass is 9.49. The first-order valence-corrected chi connectivity index (χ1v) is 9.07. The van der Waals surface area contributed by atoms with Crippen LogP contribution in [0.5, 0.6) is 0 Å². The molecule has 0 amide bonds. The molecule has 0 bridgehead atoms. The molecule has 0 aliphatic heterocycles. The van der Waals surface area contributed by atoms with Crippen LogP contribution in [-0.4, -0.2) is 10.7 Å². The first-order valence-electron chi connectivity index (χ1n) is 9.07. The molecule has 0 aromatic heterocycles. The van der Waals surface area contributed by atoms with Gasteiger partial charge in [0.25, 0.3) is 0 Å². The molecule has 22 heavy (non-hydrogen) atoms. The highest BCUT2D eigenvalue weighted by atomic mass is 16.3. The minimum absolute atomic E-state index is 0.157. The summed E-state index contributed by atoms with van der Waals surface area (Å²) in [6.07, 6.45) is 17.5. The summed E-state index contributed by atoms with van der Waals surface area (Å²) in [7, 11) is 0. The van der Waals surface area contributed by atoms with Gasteiger partial charge in [-0.3, -0.25) is 0 Å². The van der Waals surface area contributed by atoms with Crippen LogP contribution in [0.25, 0.3) is 0 Å². The van der Waals surface area contributed by atoms with Crippen molar-refractivity contribution in [3.05, 3.63) is 23.8 Å². The van der Waals surface area contributed by atoms with Gasteiger partial charge in [-0.2, -0.15) is 0 Å². The van der Waals surface area contributed by atoms with E-state index in [1.165, 1.54) is 37.7 Å². The fraction of sp³-hybridized carbons (Fsp3) is 0.714. The van der Waals surface area contributed by atoms with Crippen LogP contribution in [0.4, 0.5) is 0 Å². The van der Waals surface area contributed by atoms with Crippen LogP contribution >= 0.6 is 0 Å². The molecule has 0 radical (unpaired) electrons. The van der Waals surface area contributed by atoms with Crippen molar-refractivity contribution in [3.8, 4) is 12.3 Å². The molecule has 3 fully saturated rings. The number of terminal acetylenes is 1. The van der Waals surface area contributed by atoms with Gasteiger partial charge in [0.1, 0.15) is 5.60 Å². The lowest BCUT2D eigenvalue weighted by Crippen LogP contribution is -2.52. The first-order chi connectivity index (χ1) is 10.5. The van der Waals surface area contributed by atoms with Crippen LogP contribution < -0.4 is 0 Å². The molecule has 1 heteroatoms. The van der Waals surface area contributed by atoms with Crippen molar-refractivity contribution in [2.45, 2.75) is 63.9 Å². The summed E-state index contributed by atoms with van der Waals surface area (Å²) < 4.78 is 0. The van der Waals surface area contributed by atoms with Crippen LogP contribution in [0.1, 0.15) is 58.3 Å². The number of aliphatic hydroxyl groups is 1. The maximum absolute atomic E-state index is 11.0. The molecule has 118 valence electrons. The maximum Gasteiger partial charge on any atom is 0.131 e. The summed E-state index contributed by atoms with van der Waals surface area (Å²) in [5.41, 5.74) is 2.00. The summed E-state index contributed by atoms with van der Waals surface area (Å²) in [4.78, 5) is 0. The van der Waals surface area contributed by atoms with E-state index in [-0.39, 0.29) is 5.41 Å². The minimum Gasteiger partial charge on any atom is -0.377 e. The predicted molar refractivity (Wildman–Crippen MR) is 90.0 cm³/mol. The van der Waals surface area contributed by atoms with Gasteiger partial charge in [0.15, 0.2) is 0 Å². The predicted octanol–water partition coefficient (Wildman–Crippen LogP) is 4.48. The Bertz CT molecular complexity index is 579. The molecular formula is C21H28O. The average molecular weight is 296 g/mol. The Hall–Kier alpha value is -1.00. The Morgan fingerprint density at radius 1 is 1.36 bits per heavy atom. The second-order valence-electron chi connectivity index (χ2n) is 8.45. The van der Waals surface area contributed by atoms with Gasteiger partial charge in [-0.05, 0) is 75.0 Å². The van der Waals surface area contributed by atoms with E-state index in [0.717, 1.165) is 25.2 Å². The quantitative estimate of drug-likeness (QED) is 0.516. The molecule has 4 aliphatic carbocycles. The molecule has 0 unspecified atom stereocenters. The molecule has 0 aromatic carbocycles. The number of hydrogen-bond donors (Lipinski definition) is 1. The van der Waals surface area contributed by atoms with Crippen LogP contribution in [0, 0.1) is 41.4 Å². The van der Waals surface area contributed by atoms with Gasteiger partial charge in [-0.25, -0.2) is 0 Å². The Balaban J connectivity index is 1.72. The third kappa shape index (κ3) is 1.71. The van der Waals surface area contributed by atoms with Gasteiger partial charge >= 0.3 is 0 Å². The Morgan fingerprint density at radius 3 is 2.95 bits per heavy atom. The fourth-order valence-electron chi connectivity index (χ4n) is 6.58. The van der Waals surface area contributed by atoms with Gasteiger partial charge in [0.2, 0.25) is 0 Å². The lowest BCUT2D eigenvalue weighted by Gasteiger charge is -2.55. The van der Waals surface area contributed by atoms with Gasteiger partial charge < -0.3 is 5.11 Å². The standard InChI is InChI=1S/C21H28O/c1-4-21(22)12-11-18-17-10-9-15-7-5-6-8-16(15)19(17)14(2)13-20(18,21)3/h1,7,16-19,22H,2,5-6,8-13H2,3H3/t16-,17-,18+,19+,20+,21+/m0/s1. The summed E-state index contributed by atoms with van der Waals surface area (Å²) in [6, 6.07) is 0. The zero-order valence-electron chi connectivity index (χ0n) is 13.8. The van der Waals surface area contributed by atoms with Crippen molar-refractivity contribution < 1.29 is 5.11 Å². The largest absolute Gasteiger partial charge is 0.377 e. The molecule has 4 rings (SSSR count). The van der Waals surface area contributed by atoms with E-state index in [9.17, 15) is 5.11 Å². The number of hydrogen-bond acceptors (Lipinski definition) is 1. The zero-order chi connectivity index (χ0) is 15.5. The van der Waals surface area contributed by atoms with Crippen molar-refractivity contribution >= 4 is 0 Å². The highest BCUT2D eigenvalue weighted by molar-refractivity contribution is 5.31. The van der Waals surface area contributed by atoms with Crippen molar-refractivity contribution in [1.29, 1.82) is 0 Å². The van der Waals surface area contributed by atoms with Gasteiger partial charge in [0, 0.05) is 5.41 Å². The minimum atomic E-state index is -0.922. The van der Waals surface area contributed by atoms with Crippen LogP contribution in [-0.2, 0) is 0 Å². The topological polar surface area (TPSA) is 20.2 Å². The van der Waals surface area contributed by atoms with E-state index in [0.29, 0.717) is 17.8 Å². The molecule has 1 nitrogen and oxygen atoms in total. The molecule has 0 heterocycles. The van der Waals surface area contributed by atoms with Crippen molar-refractivity contribution in [3.63, 3.8) is 0 Å². The number of rotatable bonds is 0. The molecular weight excluding hydrogens is 268 g/mol. The lowest BCUT2D eigenvalue weighted by molar-refractivity contribution is -0.0644. The summed E-state index contributed by atoms with van der Waals surface area (Å²) in [5.74, 6) is 5.41. The van der Waals surface area contributed by atoms with Crippen LogP contribution in [0.3, 0.4) is 0 Å². The molecule has 0 spiro atoms. The number of allylic oxidation sites excluding steroid dienone is 3. The second kappa shape index (κ2) is 4.75. The van der Waals surface area contributed by atoms with E-state index >= 15 is 0 Å². The summed E-state index contributed by atoms with van der Waals surface area (Å²) in [6.45, 7) is 6.72. The zero-order valence-corrected chi connectivity index (χ0v) is 13.8. The van der Waals surface area contributed by atoms with E-state index in [1.807, 2.05) is 0 Å². The summed E-state index contributed by atoms with van der Waals surface area (Å²) in [5, 5.41) is 11.0. The normalized spacial score (nSPS) is 50.4. The highest BCUT2D eigenvalue weighted by Gasteiger charge is 2.62. The Morgan fingerprint density at radius 2 is 2.18 bits per heavy atom.